The topological polar surface area (TPSA) is 21.3 Å². The number of ether oxygens (including phenoxy) is 1. The third kappa shape index (κ3) is 6.18. The maximum Gasteiger partial charge on any atom is 0.0657 e. The highest BCUT2D eigenvalue weighted by atomic mass is 16.5. The largest absolute Gasteiger partial charge is 0.383 e. The quantitative estimate of drug-likeness (QED) is 0.672. The molecular weight excluding hydrogens is 222 g/mol. The van der Waals surface area contributed by atoms with E-state index in [2.05, 4.69) is 49.5 Å². The van der Waals surface area contributed by atoms with Crippen molar-refractivity contribution >= 4 is 0 Å². The Labute approximate surface area is 112 Å². The van der Waals surface area contributed by atoms with Crippen molar-refractivity contribution in [2.75, 3.05) is 20.3 Å². The molecule has 2 nitrogen and oxygen atoms in total. The average molecular weight is 249 g/mol. The summed E-state index contributed by atoms with van der Waals surface area (Å²) in [7, 11) is 1.76. The zero-order valence-corrected chi connectivity index (χ0v) is 12.0. The van der Waals surface area contributed by atoms with Crippen LogP contribution in [0, 0.1) is 5.92 Å². The highest BCUT2D eigenvalue weighted by molar-refractivity contribution is 5.18. The molecule has 0 saturated heterocycles. The summed E-state index contributed by atoms with van der Waals surface area (Å²) >= 11 is 0. The van der Waals surface area contributed by atoms with Gasteiger partial charge in [0.2, 0.25) is 0 Å². The Balaban J connectivity index is 2.31. The van der Waals surface area contributed by atoms with Crippen molar-refractivity contribution in [2.24, 2.45) is 5.92 Å². The molecule has 0 radical (unpaired) electrons. The number of hydrogen-bond acceptors (Lipinski definition) is 2. The van der Waals surface area contributed by atoms with Crippen LogP contribution in [-0.2, 0) is 4.74 Å². The number of nitrogens with one attached hydrogen (secondary N) is 1. The second kappa shape index (κ2) is 9.12. The van der Waals surface area contributed by atoms with Gasteiger partial charge in [0.1, 0.15) is 0 Å². The molecule has 0 bridgehead atoms. The number of methoxy groups -OCH3 is 1. The molecule has 0 fully saturated rings. The van der Waals surface area contributed by atoms with Gasteiger partial charge in [-0.1, -0.05) is 57.0 Å². The molecule has 0 heterocycles. The van der Waals surface area contributed by atoms with E-state index in [0.717, 1.165) is 19.1 Å². The number of benzene rings is 1. The molecule has 1 aromatic carbocycles. The predicted molar refractivity (Wildman–Crippen MR) is 77.8 cm³/mol. The fraction of sp³-hybridized carbons (Fsp3) is 0.625. The van der Waals surface area contributed by atoms with Crippen molar-refractivity contribution in [1.82, 2.24) is 5.32 Å². The third-order valence-electron chi connectivity index (χ3n) is 3.13. The van der Waals surface area contributed by atoms with E-state index >= 15 is 0 Å². The fourth-order valence-electron chi connectivity index (χ4n) is 2.08. The second-order valence-corrected chi connectivity index (χ2v) is 5.26. The summed E-state index contributed by atoms with van der Waals surface area (Å²) in [4.78, 5) is 0. The van der Waals surface area contributed by atoms with E-state index in [1.807, 2.05) is 0 Å². The molecule has 0 amide bonds. The van der Waals surface area contributed by atoms with Crippen LogP contribution < -0.4 is 5.32 Å². The molecule has 1 unspecified atom stereocenters. The Bertz CT molecular complexity index is 297. The molecule has 0 aliphatic rings. The Morgan fingerprint density at radius 3 is 2.44 bits per heavy atom. The van der Waals surface area contributed by atoms with E-state index in [1.54, 1.807) is 7.11 Å². The molecule has 0 spiro atoms. The molecule has 1 N–H and O–H groups in total. The molecule has 1 aromatic rings. The number of rotatable bonds is 9. The van der Waals surface area contributed by atoms with E-state index in [4.69, 9.17) is 4.74 Å². The summed E-state index contributed by atoms with van der Waals surface area (Å²) in [6, 6.07) is 10.8. The Hall–Kier alpha value is -0.860. The van der Waals surface area contributed by atoms with Gasteiger partial charge in [-0.3, -0.25) is 0 Å². The minimum absolute atomic E-state index is 0.315. The summed E-state index contributed by atoms with van der Waals surface area (Å²) in [5, 5.41) is 3.59. The molecule has 0 aromatic heterocycles. The van der Waals surface area contributed by atoms with Crippen LogP contribution in [0.2, 0.25) is 0 Å². The first-order valence-electron chi connectivity index (χ1n) is 7.01. The van der Waals surface area contributed by atoms with E-state index in [9.17, 15) is 0 Å². The highest BCUT2D eigenvalue weighted by Crippen LogP contribution is 2.13. The lowest BCUT2D eigenvalue weighted by Crippen LogP contribution is -2.26. The van der Waals surface area contributed by atoms with Gasteiger partial charge >= 0.3 is 0 Å². The average Bonchev–Trinajstić information content (AvgIpc) is 2.38. The van der Waals surface area contributed by atoms with Gasteiger partial charge in [0.25, 0.3) is 0 Å². The molecule has 1 atom stereocenters. The normalized spacial score (nSPS) is 12.9. The summed E-state index contributed by atoms with van der Waals surface area (Å²) in [5.41, 5.74) is 1.31. The van der Waals surface area contributed by atoms with Gasteiger partial charge in [-0.15, -0.1) is 0 Å². The maximum atomic E-state index is 5.29. The molecule has 102 valence electrons. The summed E-state index contributed by atoms with van der Waals surface area (Å²) < 4.78 is 5.29. The molecule has 1 rings (SSSR count). The molecule has 0 aliphatic heterocycles. The van der Waals surface area contributed by atoms with Crippen LogP contribution in [0.4, 0.5) is 0 Å². The minimum Gasteiger partial charge on any atom is -0.383 e. The molecule has 0 aliphatic carbocycles. The molecule has 0 saturated carbocycles. The van der Waals surface area contributed by atoms with Gasteiger partial charge in [0, 0.05) is 7.11 Å². The lowest BCUT2D eigenvalue weighted by Gasteiger charge is -2.18. The smallest absolute Gasteiger partial charge is 0.0657 e. The van der Waals surface area contributed by atoms with Gasteiger partial charge in [-0.2, -0.15) is 0 Å². The van der Waals surface area contributed by atoms with Crippen LogP contribution in [0.1, 0.15) is 44.7 Å². The van der Waals surface area contributed by atoms with Crippen LogP contribution in [0.25, 0.3) is 0 Å². The van der Waals surface area contributed by atoms with Gasteiger partial charge in [0.05, 0.1) is 12.6 Å². The maximum absolute atomic E-state index is 5.29. The van der Waals surface area contributed by atoms with Crippen LogP contribution in [-0.4, -0.2) is 20.3 Å². The SMILES string of the molecule is COCC(NCCCCC(C)C)c1ccccc1. The lowest BCUT2D eigenvalue weighted by atomic mass is 10.1. The van der Waals surface area contributed by atoms with Crippen molar-refractivity contribution in [3.05, 3.63) is 35.9 Å². The van der Waals surface area contributed by atoms with E-state index in [0.29, 0.717) is 6.04 Å². The van der Waals surface area contributed by atoms with Crippen molar-refractivity contribution in [3.8, 4) is 0 Å². The van der Waals surface area contributed by atoms with E-state index < -0.39 is 0 Å². The summed E-state index contributed by atoms with van der Waals surface area (Å²) in [6.07, 6.45) is 3.87. The number of hydrogen-bond donors (Lipinski definition) is 1. The summed E-state index contributed by atoms with van der Waals surface area (Å²) in [6.45, 7) is 6.36. The highest BCUT2D eigenvalue weighted by Gasteiger charge is 2.09. The molecular formula is C16H27NO. The van der Waals surface area contributed by atoms with Gasteiger partial charge < -0.3 is 10.1 Å². The first kappa shape index (κ1) is 15.2. The first-order valence-corrected chi connectivity index (χ1v) is 7.01. The standard InChI is InChI=1S/C16H27NO/c1-14(2)9-7-8-12-17-16(13-18-3)15-10-5-4-6-11-15/h4-6,10-11,14,16-17H,7-9,12-13H2,1-3H3. The monoisotopic (exact) mass is 249 g/mol. The van der Waals surface area contributed by atoms with Gasteiger partial charge in [-0.25, -0.2) is 0 Å². The minimum atomic E-state index is 0.315. The number of unbranched alkanes of at least 4 members (excludes halogenated alkanes) is 1. The van der Waals surface area contributed by atoms with Gasteiger partial charge in [0.15, 0.2) is 0 Å². The van der Waals surface area contributed by atoms with E-state index in [-0.39, 0.29) is 0 Å². The second-order valence-electron chi connectivity index (χ2n) is 5.26. The van der Waals surface area contributed by atoms with Crippen LogP contribution in [0.3, 0.4) is 0 Å². The Kier molecular flexibility index (Phi) is 7.70. The van der Waals surface area contributed by atoms with Crippen LogP contribution in [0.15, 0.2) is 30.3 Å². The Morgan fingerprint density at radius 2 is 1.83 bits per heavy atom. The summed E-state index contributed by atoms with van der Waals surface area (Å²) in [5.74, 6) is 0.814. The zero-order chi connectivity index (χ0) is 13.2. The third-order valence-corrected chi connectivity index (χ3v) is 3.13. The molecule has 18 heavy (non-hydrogen) atoms. The molecule has 2 heteroatoms. The predicted octanol–water partition coefficient (Wildman–Crippen LogP) is 3.79. The zero-order valence-electron chi connectivity index (χ0n) is 12.0. The van der Waals surface area contributed by atoms with Crippen molar-refractivity contribution in [1.29, 1.82) is 0 Å². The van der Waals surface area contributed by atoms with Crippen LogP contribution in [0.5, 0.6) is 0 Å². The van der Waals surface area contributed by atoms with Crippen molar-refractivity contribution in [3.63, 3.8) is 0 Å². The first-order chi connectivity index (χ1) is 8.74. The van der Waals surface area contributed by atoms with Crippen molar-refractivity contribution in [2.45, 2.75) is 39.2 Å². The van der Waals surface area contributed by atoms with Crippen LogP contribution >= 0.6 is 0 Å². The lowest BCUT2D eigenvalue weighted by molar-refractivity contribution is 0.166. The fourth-order valence-corrected chi connectivity index (χ4v) is 2.08. The Morgan fingerprint density at radius 1 is 1.11 bits per heavy atom. The van der Waals surface area contributed by atoms with Gasteiger partial charge in [-0.05, 0) is 24.4 Å². The van der Waals surface area contributed by atoms with Crippen molar-refractivity contribution < 1.29 is 4.74 Å². The van der Waals surface area contributed by atoms with E-state index in [1.165, 1.54) is 24.8 Å².